The van der Waals surface area contributed by atoms with Crippen LogP contribution >= 0.6 is 0 Å². The summed E-state index contributed by atoms with van der Waals surface area (Å²) in [4.78, 5) is 14.9. The first-order valence-electron chi connectivity index (χ1n) is 14.9. The largest absolute Gasteiger partial charge is 0.494 e. The van der Waals surface area contributed by atoms with Crippen LogP contribution in [0, 0.1) is 12.8 Å². The summed E-state index contributed by atoms with van der Waals surface area (Å²) < 4.78 is 24.1. The normalized spacial score (nSPS) is 19.0. The molecule has 1 aliphatic carbocycles. The quantitative estimate of drug-likeness (QED) is 0.270. The fourth-order valence-corrected chi connectivity index (χ4v) is 6.54. The predicted molar refractivity (Wildman–Crippen MR) is 165 cm³/mol. The van der Waals surface area contributed by atoms with Gasteiger partial charge in [-0.3, -0.25) is 4.79 Å². The van der Waals surface area contributed by atoms with E-state index in [1.165, 1.54) is 17.7 Å². The van der Waals surface area contributed by atoms with Gasteiger partial charge < -0.3 is 25.0 Å². The van der Waals surface area contributed by atoms with Gasteiger partial charge in [0.25, 0.3) is 5.91 Å². The fourth-order valence-electron chi connectivity index (χ4n) is 6.54. The van der Waals surface area contributed by atoms with Crippen LogP contribution in [0.1, 0.15) is 40.7 Å². The van der Waals surface area contributed by atoms with E-state index < -0.39 is 6.17 Å². The van der Waals surface area contributed by atoms with E-state index in [-0.39, 0.29) is 31.5 Å². The zero-order valence-corrected chi connectivity index (χ0v) is 24.5. The lowest BCUT2D eigenvalue weighted by Crippen LogP contribution is -2.50. The average molecular weight is 582 g/mol. The average Bonchev–Trinajstić information content (AvgIpc) is 3.68. The summed E-state index contributed by atoms with van der Waals surface area (Å²) in [5, 5.41) is 16.1. The first kappa shape index (κ1) is 27.6. The molecule has 4 heterocycles. The van der Waals surface area contributed by atoms with Crippen molar-refractivity contribution in [2.24, 2.45) is 11.7 Å². The minimum absolute atomic E-state index is 0.0196. The number of nitrogens with zero attached hydrogens (tertiary/aromatic N) is 4. The number of benzene rings is 2. The van der Waals surface area contributed by atoms with Crippen molar-refractivity contribution in [2.45, 2.75) is 51.6 Å². The highest BCUT2D eigenvalue weighted by Gasteiger charge is 2.30. The molecular formula is C34H36FN5O3. The summed E-state index contributed by atoms with van der Waals surface area (Å²) in [6, 6.07) is 17.9. The van der Waals surface area contributed by atoms with Crippen LogP contribution in [0.15, 0.2) is 60.8 Å². The summed E-state index contributed by atoms with van der Waals surface area (Å²) in [5.41, 5.74) is 14.1. The Kier molecular flexibility index (Phi) is 6.94. The van der Waals surface area contributed by atoms with Gasteiger partial charge in [0.15, 0.2) is 0 Å². The van der Waals surface area contributed by atoms with E-state index in [1.807, 2.05) is 31.2 Å². The number of hydrogen-bond acceptors (Lipinski definition) is 5. The predicted octanol–water partition coefficient (Wildman–Crippen LogP) is 5.35. The maximum Gasteiger partial charge on any atom is 0.255 e. The second-order valence-electron chi connectivity index (χ2n) is 12.0. The van der Waals surface area contributed by atoms with Gasteiger partial charge in [0.2, 0.25) is 0 Å². The molecule has 7 rings (SSSR count). The lowest BCUT2D eigenvalue weighted by Gasteiger charge is -2.33. The Morgan fingerprint density at radius 3 is 2.70 bits per heavy atom. The Hall–Kier alpha value is -4.21. The number of ether oxygens (including phenoxy) is 1. The van der Waals surface area contributed by atoms with E-state index in [9.17, 15) is 14.3 Å². The van der Waals surface area contributed by atoms with E-state index in [2.05, 4.69) is 28.8 Å². The molecule has 8 nitrogen and oxygen atoms in total. The Morgan fingerprint density at radius 2 is 1.95 bits per heavy atom. The number of amides is 1. The first-order valence-corrected chi connectivity index (χ1v) is 14.9. The summed E-state index contributed by atoms with van der Waals surface area (Å²) in [5.74, 6) is 0.869. The van der Waals surface area contributed by atoms with Gasteiger partial charge in [0, 0.05) is 41.8 Å². The Balaban J connectivity index is 1.35. The van der Waals surface area contributed by atoms with Crippen LogP contribution in [0.25, 0.3) is 38.9 Å². The molecule has 3 N–H and O–H groups in total. The molecule has 2 aromatic carbocycles. The van der Waals surface area contributed by atoms with E-state index in [4.69, 9.17) is 15.6 Å². The molecule has 2 fully saturated rings. The molecule has 0 radical (unpaired) electrons. The molecule has 3 aromatic heterocycles. The monoisotopic (exact) mass is 581 g/mol. The van der Waals surface area contributed by atoms with Gasteiger partial charge in [-0.15, -0.1) is 0 Å². The zero-order valence-electron chi connectivity index (χ0n) is 24.5. The number of piperidine rings is 1. The molecule has 0 bridgehead atoms. The second-order valence-corrected chi connectivity index (χ2v) is 12.0. The van der Waals surface area contributed by atoms with E-state index >= 15 is 0 Å². The number of hydrogen-bond donors (Lipinski definition) is 2. The summed E-state index contributed by atoms with van der Waals surface area (Å²) >= 11 is 0. The number of alkyl halides is 1. The van der Waals surface area contributed by atoms with Crippen molar-refractivity contribution in [3.05, 3.63) is 77.5 Å². The van der Waals surface area contributed by atoms with Crippen molar-refractivity contribution in [3.63, 3.8) is 0 Å². The molecule has 2 atom stereocenters. The van der Waals surface area contributed by atoms with Crippen molar-refractivity contribution in [1.29, 1.82) is 0 Å². The Bertz CT molecular complexity index is 1850. The van der Waals surface area contributed by atoms with Crippen LogP contribution in [0.2, 0.25) is 0 Å². The number of nitrogens with two attached hydrogens (primary N) is 1. The molecule has 1 saturated heterocycles. The summed E-state index contributed by atoms with van der Waals surface area (Å²) in [6.45, 7) is 3.24. The minimum Gasteiger partial charge on any atom is -0.494 e. The smallest absolute Gasteiger partial charge is 0.255 e. The molecule has 2 aliphatic rings. The van der Waals surface area contributed by atoms with Crippen LogP contribution in [0.3, 0.4) is 0 Å². The third-order valence-corrected chi connectivity index (χ3v) is 8.90. The number of methoxy groups -OCH3 is 1. The molecule has 5 aromatic rings. The van der Waals surface area contributed by atoms with Crippen molar-refractivity contribution in [1.82, 2.24) is 19.1 Å². The second kappa shape index (κ2) is 10.8. The molecule has 1 aliphatic heterocycles. The zero-order chi connectivity index (χ0) is 29.8. The number of aliphatic hydroxyl groups excluding tert-OH is 1. The standard InChI is InChI=1S/C34H36FN5O3/c1-20-32(37-40-16-25(13-31(43-2)33(20)40)34(42)38-17-26(35)14-27(36)18-38)30-12-23-10-9-22(28-6-4-3-5-24(28)19-41)11-29(23)39(30)15-21-7-8-21/h3-6,9-13,16,21,26-27,41H,7-8,14-15,17-19,36H2,1-2H3/t26-,27-/m1/s1. The van der Waals surface area contributed by atoms with Gasteiger partial charge in [0.05, 0.1) is 31.5 Å². The van der Waals surface area contributed by atoms with Crippen LogP contribution in [-0.2, 0) is 13.2 Å². The van der Waals surface area contributed by atoms with Gasteiger partial charge in [-0.25, -0.2) is 8.91 Å². The number of rotatable bonds is 7. The van der Waals surface area contributed by atoms with Crippen LogP contribution < -0.4 is 10.5 Å². The van der Waals surface area contributed by atoms with E-state index in [1.54, 1.807) is 23.9 Å². The number of carbonyl (C=O) groups is 1. The van der Waals surface area contributed by atoms with Crippen LogP contribution in [0.5, 0.6) is 5.75 Å². The topological polar surface area (TPSA) is 98.0 Å². The fraction of sp³-hybridized carbons (Fsp3) is 0.353. The van der Waals surface area contributed by atoms with Gasteiger partial charge in [0.1, 0.15) is 23.1 Å². The molecule has 1 saturated carbocycles. The van der Waals surface area contributed by atoms with Gasteiger partial charge in [-0.2, -0.15) is 5.10 Å². The highest BCUT2D eigenvalue weighted by molar-refractivity contribution is 5.96. The number of carbonyl (C=O) groups excluding carboxylic acids is 1. The van der Waals surface area contributed by atoms with E-state index in [0.717, 1.165) is 56.6 Å². The maximum atomic E-state index is 14.3. The molecule has 0 spiro atoms. The number of aliphatic hydroxyl groups is 1. The molecule has 0 unspecified atom stereocenters. The lowest BCUT2D eigenvalue weighted by atomic mass is 9.99. The molecular weight excluding hydrogens is 545 g/mol. The maximum absolute atomic E-state index is 14.3. The van der Waals surface area contributed by atoms with Crippen molar-refractivity contribution < 1.29 is 19.0 Å². The highest BCUT2D eigenvalue weighted by Crippen LogP contribution is 2.39. The van der Waals surface area contributed by atoms with Gasteiger partial charge in [-0.05, 0) is 67.0 Å². The van der Waals surface area contributed by atoms with Crippen molar-refractivity contribution >= 4 is 22.3 Å². The number of fused-ring (bicyclic) bond motifs is 2. The summed E-state index contributed by atoms with van der Waals surface area (Å²) in [7, 11) is 1.58. The highest BCUT2D eigenvalue weighted by atomic mass is 19.1. The van der Waals surface area contributed by atoms with Gasteiger partial charge in [-0.1, -0.05) is 36.4 Å². The Labute approximate surface area is 249 Å². The van der Waals surface area contributed by atoms with Gasteiger partial charge >= 0.3 is 0 Å². The minimum atomic E-state index is -1.14. The number of likely N-dealkylation sites (tertiary alicyclic amines) is 1. The number of aryl methyl sites for hydroxylation is 1. The van der Waals surface area contributed by atoms with E-state index in [0.29, 0.717) is 23.8 Å². The number of aromatic nitrogens is 3. The third kappa shape index (κ3) is 4.96. The SMILES string of the molecule is COc1cc(C(=O)N2C[C@H](N)C[C@@H](F)C2)cn2nc(-c3cc4ccc(-c5ccccc5CO)cc4n3CC3CC3)c(C)c12. The molecule has 43 heavy (non-hydrogen) atoms. The molecule has 1 amide bonds. The molecule has 222 valence electrons. The molecule has 9 heteroatoms. The summed E-state index contributed by atoms with van der Waals surface area (Å²) in [6.07, 6.45) is 3.24. The van der Waals surface area contributed by atoms with Crippen LogP contribution in [-0.4, -0.2) is 62.5 Å². The first-order chi connectivity index (χ1) is 20.8. The van der Waals surface area contributed by atoms with Crippen molar-refractivity contribution in [3.8, 4) is 28.3 Å². The van der Waals surface area contributed by atoms with Crippen molar-refractivity contribution in [2.75, 3.05) is 20.2 Å². The number of halogens is 1. The van der Waals surface area contributed by atoms with Crippen LogP contribution in [0.4, 0.5) is 4.39 Å². The lowest BCUT2D eigenvalue weighted by molar-refractivity contribution is 0.0606. The third-order valence-electron chi connectivity index (χ3n) is 8.90. The Morgan fingerprint density at radius 1 is 1.14 bits per heavy atom. The number of pyridine rings is 1.